The zero-order valence-electron chi connectivity index (χ0n) is 20.0. The van der Waals surface area contributed by atoms with E-state index in [1.54, 1.807) is 0 Å². The van der Waals surface area contributed by atoms with Crippen molar-refractivity contribution in [1.82, 2.24) is 20.0 Å². The van der Waals surface area contributed by atoms with E-state index in [0.717, 1.165) is 93.3 Å². The number of carbonyl (C=O) groups is 1. The Morgan fingerprint density at radius 3 is 2.74 bits per heavy atom. The number of amidine groups is 1. The SMILES string of the molecule is CN1CCNCCc2ccccc2C(=O)N2CCCCC2C2=NC3C(=C2)N=C(N2CCC2)C=C31. The van der Waals surface area contributed by atoms with Gasteiger partial charge in [0.05, 0.1) is 17.5 Å². The van der Waals surface area contributed by atoms with Crippen molar-refractivity contribution in [1.29, 1.82) is 0 Å². The molecule has 1 amide bonds. The minimum absolute atomic E-state index is 0.0184. The Hall–Kier alpha value is -2.93. The van der Waals surface area contributed by atoms with E-state index < -0.39 is 0 Å². The van der Waals surface area contributed by atoms with E-state index in [0.29, 0.717) is 0 Å². The van der Waals surface area contributed by atoms with Gasteiger partial charge in [-0.3, -0.25) is 9.79 Å². The average molecular weight is 459 g/mol. The highest BCUT2D eigenvalue weighted by Crippen LogP contribution is 2.33. The minimum Gasteiger partial charge on any atom is -0.374 e. The van der Waals surface area contributed by atoms with Crippen LogP contribution < -0.4 is 5.32 Å². The van der Waals surface area contributed by atoms with Crippen molar-refractivity contribution in [2.24, 2.45) is 9.98 Å². The van der Waals surface area contributed by atoms with E-state index in [1.165, 1.54) is 12.1 Å². The topological polar surface area (TPSA) is 63.5 Å². The Bertz CT molecular complexity index is 1100. The number of likely N-dealkylation sites (tertiary alicyclic amines) is 1. The van der Waals surface area contributed by atoms with E-state index in [9.17, 15) is 4.79 Å². The van der Waals surface area contributed by atoms with Crippen molar-refractivity contribution in [2.75, 3.05) is 46.3 Å². The number of piperidine rings is 1. The quantitative estimate of drug-likeness (QED) is 0.649. The van der Waals surface area contributed by atoms with Crippen LogP contribution in [0.25, 0.3) is 0 Å². The number of likely N-dealkylation sites (N-methyl/N-ethyl adjacent to an activating group) is 1. The van der Waals surface area contributed by atoms with Gasteiger partial charge < -0.3 is 20.0 Å². The van der Waals surface area contributed by atoms with Crippen molar-refractivity contribution in [3.63, 3.8) is 0 Å². The first-order valence-electron chi connectivity index (χ1n) is 12.8. The molecule has 0 aromatic heterocycles. The molecular weight excluding hydrogens is 424 g/mol. The maximum absolute atomic E-state index is 13.8. The third-order valence-corrected chi connectivity index (χ3v) is 7.82. The first-order chi connectivity index (χ1) is 16.7. The summed E-state index contributed by atoms with van der Waals surface area (Å²) in [6.45, 7) is 5.58. The van der Waals surface area contributed by atoms with Gasteiger partial charge in [0.1, 0.15) is 11.9 Å². The van der Waals surface area contributed by atoms with Gasteiger partial charge in [-0.2, -0.15) is 0 Å². The third-order valence-electron chi connectivity index (χ3n) is 7.82. The predicted molar refractivity (Wildman–Crippen MR) is 135 cm³/mol. The number of amides is 1. The van der Waals surface area contributed by atoms with Gasteiger partial charge in [0, 0.05) is 57.1 Å². The molecule has 0 saturated carbocycles. The lowest BCUT2D eigenvalue weighted by Crippen LogP contribution is -2.47. The van der Waals surface area contributed by atoms with Gasteiger partial charge in [-0.15, -0.1) is 0 Å². The van der Waals surface area contributed by atoms with Crippen LogP contribution in [0.15, 0.2) is 57.8 Å². The number of hydrogen-bond acceptors (Lipinski definition) is 6. The van der Waals surface area contributed by atoms with Crippen LogP contribution in [0, 0.1) is 0 Å². The molecule has 178 valence electrons. The molecule has 2 unspecified atom stereocenters. The van der Waals surface area contributed by atoms with E-state index >= 15 is 0 Å². The molecule has 5 aliphatic heterocycles. The van der Waals surface area contributed by atoms with Crippen molar-refractivity contribution in [3.05, 3.63) is 58.9 Å². The number of aliphatic imine (C=N–C) groups is 2. The Kier molecular flexibility index (Phi) is 5.73. The standard InChI is InChI=1S/C27H34N6O/c1-31-16-12-28-11-10-19-7-2-3-8-20(19)27(34)33-15-5-4-9-23(33)21-17-22-26(30-21)24(31)18-25(29-22)32-13-6-14-32/h2-3,7-8,17-18,23,26,28H,4-6,9-16H2,1H3. The van der Waals surface area contributed by atoms with Gasteiger partial charge in [-0.1, -0.05) is 18.2 Å². The lowest BCUT2D eigenvalue weighted by molar-refractivity contribution is 0.0680. The van der Waals surface area contributed by atoms with Crippen molar-refractivity contribution in [2.45, 2.75) is 44.2 Å². The molecule has 34 heavy (non-hydrogen) atoms. The molecule has 5 aliphatic rings. The van der Waals surface area contributed by atoms with Crippen LogP contribution in [-0.4, -0.2) is 90.6 Å². The number of rotatable bonds is 0. The van der Waals surface area contributed by atoms with Crippen molar-refractivity contribution >= 4 is 17.5 Å². The first-order valence-corrected chi connectivity index (χ1v) is 12.8. The predicted octanol–water partition coefficient (Wildman–Crippen LogP) is 2.47. The second-order valence-electron chi connectivity index (χ2n) is 9.99. The van der Waals surface area contributed by atoms with Crippen LogP contribution in [0.5, 0.6) is 0 Å². The zero-order chi connectivity index (χ0) is 23.1. The zero-order valence-corrected chi connectivity index (χ0v) is 20.0. The van der Waals surface area contributed by atoms with E-state index in [2.05, 4.69) is 45.3 Å². The van der Waals surface area contributed by atoms with E-state index in [4.69, 9.17) is 9.98 Å². The summed E-state index contributed by atoms with van der Waals surface area (Å²) in [4.78, 5) is 30.9. The summed E-state index contributed by atoms with van der Waals surface area (Å²) in [7, 11) is 2.17. The summed E-state index contributed by atoms with van der Waals surface area (Å²) in [5, 5.41) is 3.59. The molecule has 2 saturated heterocycles. The lowest BCUT2D eigenvalue weighted by atomic mass is 9.95. The van der Waals surface area contributed by atoms with Crippen molar-refractivity contribution in [3.8, 4) is 0 Å². The highest BCUT2D eigenvalue weighted by molar-refractivity contribution is 6.07. The Balaban J connectivity index is 1.40. The third kappa shape index (κ3) is 3.86. The molecular formula is C27H34N6O. The summed E-state index contributed by atoms with van der Waals surface area (Å²) in [5.41, 5.74) is 5.23. The smallest absolute Gasteiger partial charge is 0.254 e. The molecule has 0 aliphatic carbocycles. The maximum atomic E-state index is 13.8. The second kappa shape index (κ2) is 9.02. The van der Waals surface area contributed by atoms with E-state index in [1.807, 2.05) is 18.2 Å². The summed E-state index contributed by atoms with van der Waals surface area (Å²) >= 11 is 0. The summed E-state index contributed by atoms with van der Waals surface area (Å²) in [6, 6.07) is 8.07. The van der Waals surface area contributed by atoms with Crippen LogP contribution in [0.4, 0.5) is 0 Å². The second-order valence-corrected chi connectivity index (χ2v) is 9.99. The van der Waals surface area contributed by atoms with Gasteiger partial charge in [-0.25, -0.2) is 4.99 Å². The number of benzene rings is 1. The number of dihydropyridines is 1. The van der Waals surface area contributed by atoms with Crippen molar-refractivity contribution < 1.29 is 4.79 Å². The maximum Gasteiger partial charge on any atom is 0.254 e. The fraction of sp³-hybridized carbons (Fsp3) is 0.519. The summed E-state index contributed by atoms with van der Waals surface area (Å²) in [6.07, 6.45) is 9.63. The first kappa shape index (κ1) is 21.6. The molecule has 1 aromatic rings. The molecule has 6 rings (SSSR count). The normalized spacial score (nSPS) is 27.3. The van der Waals surface area contributed by atoms with Gasteiger partial charge in [0.15, 0.2) is 0 Å². The van der Waals surface area contributed by atoms with Crippen LogP contribution in [0.1, 0.15) is 41.6 Å². The number of nitrogens with zero attached hydrogens (tertiary/aromatic N) is 5. The molecule has 0 spiro atoms. The molecule has 0 radical (unpaired) electrons. The minimum atomic E-state index is -0.0682. The fourth-order valence-electron chi connectivity index (χ4n) is 5.69. The van der Waals surface area contributed by atoms with Crippen LogP contribution in [0.2, 0.25) is 0 Å². The summed E-state index contributed by atoms with van der Waals surface area (Å²) in [5.74, 6) is 1.20. The van der Waals surface area contributed by atoms with Gasteiger partial charge in [0.2, 0.25) is 0 Å². The highest BCUT2D eigenvalue weighted by atomic mass is 16.2. The van der Waals surface area contributed by atoms with Crippen LogP contribution in [-0.2, 0) is 6.42 Å². The molecule has 1 N–H and O–H groups in total. The number of nitrogens with one attached hydrogen (secondary N) is 1. The molecule has 2 fully saturated rings. The molecule has 2 bridgehead atoms. The molecule has 2 atom stereocenters. The van der Waals surface area contributed by atoms with Gasteiger partial charge in [0.25, 0.3) is 5.91 Å². The number of carbonyl (C=O) groups excluding carboxylic acids is 1. The largest absolute Gasteiger partial charge is 0.374 e. The Morgan fingerprint density at radius 1 is 1.00 bits per heavy atom. The Labute approximate surface area is 201 Å². The van der Waals surface area contributed by atoms with Gasteiger partial charge >= 0.3 is 0 Å². The molecule has 7 heteroatoms. The average Bonchev–Trinajstić information content (AvgIpc) is 3.25. The Morgan fingerprint density at radius 2 is 1.88 bits per heavy atom. The summed E-state index contributed by atoms with van der Waals surface area (Å²) < 4.78 is 0. The fourth-order valence-corrected chi connectivity index (χ4v) is 5.69. The molecule has 1 aromatic carbocycles. The highest BCUT2D eigenvalue weighted by Gasteiger charge is 2.38. The monoisotopic (exact) mass is 458 g/mol. The molecule has 7 nitrogen and oxygen atoms in total. The van der Waals surface area contributed by atoms with E-state index in [-0.39, 0.29) is 18.0 Å². The molecule has 5 heterocycles. The van der Waals surface area contributed by atoms with Crippen LogP contribution in [0.3, 0.4) is 0 Å². The van der Waals surface area contributed by atoms with Gasteiger partial charge in [-0.05, 0) is 56.4 Å². The number of hydrogen-bond donors (Lipinski definition) is 1. The lowest BCUT2D eigenvalue weighted by Gasteiger charge is -2.37. The van der Waals surface area contributed by atoms with Crippen LogP contribution >= 0.6 is 0 Å². The number of fused-ring (bicyclic) bond motifs is 3.